The highest BCUT2D eigenvalue weighted by Crippen LogP contribution is 2.29. The number of halogens is 2. The van der Waals surface area contributed by atoms with Crippen LogP contribution in [-0.2, 0) is 6.42 Å². The van der Waals surface area contributed by atoms with E-state index in [1.807, 2.05) is 12.1 Å². The summed E-state index contributed by atoms with van der Waals surface area (Å²) in [6.45, 7) is 0. The minimum atomic E-state index is -0.322. The van der Waals surface area contributed by atoms with E-state index in [0.717, 1.165) is 38.5 Å². The average Bonchev–Trinajstić information content (AvgIpc) is 2.79. The van der Waals surface area contributed by atoms with Crippen LogP contribution in [0.25, 0.3) is 0 Å². The summed E-state index contributed by atoms with van der Waals surface area (Å²) in [5.41, 5.74) is 1.78. The molecular weight excluding hydrogens is 408 g/mol. The lowest BCUT2D eigenvalue weighted by Gasteiger charge is -2.38. The number of benzene rings is 2. The minimum absolute atomic E-state index is 0.0849. The van der Waals surface area contributed by atoms with Crippen molar-refractivity contribution in [2.75, 3.05) is 5.32 Å². The lowest BCUT2D eigenvalue weighted by Crippen LogP contribution is -2.55. The highest BCUT2D eigenvalue weighted by molar-refractivity contribution is 5.89. The van der Waals surface area contributed by atoms with Gasteiger partial charge in [-0.15, -0.1) is 0 Å². The number of rotatable bonds is 6. The van der Waals surface area contributed by atoms with Crippen LogP contribution in [0.15, 0.2) is 48.5 Å². The van der Waals surface area contributed by atoms with Crippen molar-refractivity contribution in [3.8, 4) is 0 Å². The van der Waals surface area contributed by atoms with Crippen molar-refractivity contribution < 1.29 is 13.6 Å². The normalized spacial score (nSPS) is 25.8. The van der Waals surface area contributed by atoms with Gasteiger partial charge in [0.1, 0.15) is 11.6 Å². The topological polar surface area (TPSA) is 53.2 Å². The fraction of sp³-hybridized carbons (Fsp3) is 0.500. The van der Waals surface area contributed by atoms with Crippen molar-refractivity contribution in [3.05, 3.63) is 65.7 Å². The van der Waals surface area contributed by atoms with Crippen LogP contribution in [0.3, 0.4) is 0 Å². The van der Waals surface area contributed by atoms with E-state index in [1.165, 1.54) is 37.0 Å². The third kappa shape index (κ3) is 6.52. The number of carbonyl (C=O) groups is 1. The van der Waals surface area contributed by atoms with E-state index in [0.29, 0.717) is 17.6 Å². The van der Waals surface area contributed by atoms with Gasteiger partial charge in [0.05, 0.1) is 0 Å². The standard InChI is InChI=1S/C26H33F2N3O/c27-20-10-8-18(9-11-20)16-19-4-3-5-23(17-19)29-24-6-1-2-7-25(24)31-26(32)30-22-14-12-21(28)13-15-22/h8-15,19,23-25,29H,1-7,16-17H2,(H2,30,31,32)/t19-,23+,24+,25?/m0/s1. The average molecular weight is 442 g/mol. The molecule has 0 heterocycles. The third-order valence-corrected chi connectivity index (χ3v) is 6.85. The van der Waals surface area contributed by atoms with E-state index in [4.69, 9.17) is 0 Å². The predicted octanol–water partition coefficient (Wildman–Crippen LogP) is 5.79. The Bertz CT molecular complexity index is 872. The van der Waals surface area contributed by atoms with Gasteiger partial charge in [0.25, 0.3) is 0 Å². The van der Waals surface area contributed by atoms with Crippen molar-refractivity contribution in [3.63, 3.8) is 0 Å². The van der Waals surface area contributed by atoms with Crippen molar-refractivity contribution >= 4 is 11.7 Å². The first-order valence-electron chi connectivity index (χ1n) is 11.9. The van der Waals surface area contributed by atoms with Crippen molar-refractivity contribution in [2.24, 2.45) is 5.92 Å². The van der Waals surface area contributed by atoms with Crippen LogP contribution in [0.4, 0.5) is 19.3 Å². The molecule has 2 fully saturated rings. The van der Waals surface area contributed by atoms with Gasteiger partial charge in [0.15, 0.2) is 0 Å². The summed E-state index contributed by atoms with van der Waals surface area (Å²) < 4.78 is 26.3. The summed E-state index contributed by atoms with van der Waals surface area (Å²) in [6, 6.07) is 13.2. The molecule has 6 heteroatoms. The Kier molecular flexibility index (Phi) is 7.74. The molecule has 2 aliphatic carbocycles. The maximum Gasteiger partial charge on any atom is 0.319 e. The first kappa shape index (κ1) is 22.7. The Morgan fingerprint density at radius 3 is 2.19 bits per heavy atom. The molecule has 2 aromatic rings. The molecule has 32 heavy (non-hydrogen) atoms. The maximum absolute atomic E-state index is 13.2. The van der Waals surface area contributed by atoms with Gasteiger partial charge in [-0.2, -0.15) is 0 Å². The molecule has 0 aliphatic heterocycles. The number of amides is 2. The summed E-state index contributed by atoms with van der Waals surface area (Å²) in [6.07, 6.45) is 9.96. The Balaban J connectivity index is 1.29. The molecule has 4 rings (SSSR count). The Labute approximate surface area is 189 Å². The van der Waals surface area contributed by atoms with Gasteiger partial charge >= 0.3 is 6.03 Å². The largest absolute Gasteiger partial charge is 0.334 e. The quantitative estimate of drug-likeness (QED) is 0.532. The van der Waals surface area contributed by atoms with Crippen molar-refractivity contribution in [1.29, 1.82) is 0 Å². The van der Waals surface area contributed by atoms with Gasteiger partial charge in [-0.3, -0.25) is 0 Å². The number of hydrogen-bond donors (Lipinski definition) is 3. The van der Waals surface area contributed by atoms with E-state index in [2.05, 4.69) is 16.0 Å². The molecule has 0 spiro atoms. The molecule has 4 nitrogen and oxygen atoms in total. The second kappa shape index (κ2) is 10.9. The van der Waals surface area contributed by atoms with Crippen LogP contribution in [-0.4, -0.2) is 24.2 Å². The van der Waals surface area contributed by atoms with Crippen LogP contribution in [0.1, 0.15) is 56.9 Å². The molecule has 2 saturated carbocycles. The number of hydrogen-bond acceptors (Lipinski definition) is 2. The van der Waals surface area contributed by atoms with Gasteiger partial charge in [-0.1, -0.05) is 37.8 Å². The Morgan fingerprint density at radius 1 is 0.812 bits per heavy atom. The fourth-order valence-electron chi connectivity index (χ4n) is 5.26. The Hall–Kier alpha value is -2.47. The van der Waals surface area contributed by atoms with Gasteiger partial charge < -0.3 is 16.0 Å². The number of anilines is 1. The lowest BCUT2D eigenvalue weighted by molar-refractivity contribution is 0.209. The molecule has 2 aromatic carbocycles. The molecule has 0 saturated heterocycles. The van der Waals surface area contributed by atoms with Crippen molar-refractivity contribution in [1.82, 2.24) is 10.6 Å². The number of urea groups is 1. The first-order valence-corrected chi connectivity index (χ1v) is 11.9. The smallest absolute Gasteiger partial charge is 0.319 e. The molecule has 3 N–H and O–H groups in total. The van der Waals surface area contributed by atoms with E-state index in [9.17, 15) is 13.6 Å². The van der Waals surface area contributed by atoms with E-state index >= 15 is 0 Å². The zero-order valence-corrected chi connectivity index (χ0v) is 18.5. The van der Waals surface area contributed by atoms with Crippen LogP contribution < -0.4 is 16.0 Å². The monoisotopic (exact) mass is 441 g/mol. The maximum atomic E-state index is 13.2. The van der Waals surface area contributed by atoms with Gasteiger partial charge in [-0.25, -0.2) is 13.6 Å². The molecule has 0 radical (unpaired) electrons. The van der Waals surface area contributed by atoms with E-state index in [-0.39, 0.29) is 29.7 Å². The highest BCUT2D eigenvalue weighted by atomic mass is 19.1. The molecule has 1 unspecified atom stereocenters. The van der Waals surface area contributed by atoms with Gasteiger partial charge in [-0.05, 0) is 80.0 Å². The molecule has 172 valence electrons. The number of carbonyl (C=O) groups excluding carboxylic acids is 1. The van der Waals surface area contributed by atoms with Crippen molar-refractivity contribution in [2.45, 2.75) is 75.9 Å². The van der Waals surface area contributed by atoms with E-state index in [1.54, 1.807) is 24.3 Å². The second-order valence-electron chi connectivity index (χ2n) is 9.33. The fourth-order valence-corrected chi connectivity index (χ4v) is 5.26. The zero-order valence-electron chi connectivity index (χ0n) is 18.5. The summed E-state index contributed by atoms with van der Waals surface area (Å²) >= 11 is 0. The molecule has 2 amide bonds. The van der Waals surface area contributed by atoms with E-state index < -0.39 is 0 Å². The molecule has 0 bridgehead atoms. The molecule has 4 atom stereocenters. The Morgan fingerprint density at radius 2 is 1.47 bits per heavy atom. The molecular formula is C26H33F2N3O. The third-order valence-electron chi connectivity index (χ3n) is 6.85. The highest BCUT2D eigenvalue weighted by Gasteiger charge is 2.30. The SMILES string of the molecule is O=C(Nc1ccc(F)cc1)NC1CCCC[C@H]1N[C@@H]1CCC[C@@H](Cc2ccc(F)cc2)C1. The number of nitrogens with one attached hydrogen (secondary N) is 3. The summed E-state index contributed by atoms with van der Waals surface area (Å²) in [5.74, 6) is 0.0949. The first-order chi connectivity index (χ1) is 15.5. The second-order valence-corrected chi connectivity index (χ2v) is 9.33. The van der Waals surface area contributed by atoms with Crippen LogP contribution in [0.5, 0.6) is 0 Å². The van der Waals surface area contributed by atoms with Gasteiger partial charge in [0, 0.05) is 23.8 Å². The summed E-state index contributed by atoms with van der Waals surface area (Å²) in [5, 5.41) is 9.80. The summed E-state index contributed by atoms with van der Waals surface area (Å²) in [7, 11) is 0. The lowest BCUT2D eigenvalue weighted by atomic mass is 9.81. The molecule has 0 aromatic heterocycles. The molecule has 2 aliphatic rings. The zero-order chi connectivity index (χ0) is 22.3. The van der Waals surface area contributed by atoms with Crippen LogP contribution in [0.2, 0.25) is 0 Å². The van der Waals surface area contributed by atoms with Crippen LogP contribution >= 0.6 is 0 Å². The summed E-state index contributed by atoms with van der Waals surface area (Å²) in [4.78, 5) is 12.5. The predicted molar refractivity (Wildman–Crippen MR) is 124 cm³/mol. The van der Waals surface area contributed by atoms with Crippen LogP contribution in [0, 0.1) is 17.6 Å². The minimum Gasteiger partial charge on any atom is -0.334 e. The van der Waals surface area contributed by atoms with Gasteiger partial charge in [0.2, 0.25) is 0 Å².